The van der Waals surface area contributed by atoms with E-state index >= 15 is 0 Å². The van der Waals surface area contributed by atoms with E-state index in [2.05, 4.69) is 30.7 Å². The second-order valence-corrected chi connectivity index (χ2v) is 12.0. The van der Waals surface area contributed by atoms with Crippen LogP contribution in [0.15, 0.2) is 53.6 Å². The Morgan fingerprint density at radius 1 is 1.10 bits per heavy atom. The van der Waals surface area contributed by atoms with Crippen molar-refractivity contribution in [2.24, 2.45) is 11.3 Å². The standard InChI is InChI=1S/C28H35FN4O5S/c1-6-28(4,5)12-13-37-27-22(26(34)33-39(35,36)25-9-7-8-24(30)32-25)10-11-23(31-27)19-14-20(29)16-21(15-19)38-17-18(2)3/h7-11,14-16,18H,6,12-13,17H2,1-5H3,(H2,30,32)(H,33,34). The quantitative estimate of drug-likeness (QED) is 0.309. The molecule has 0 unspecified atom stereocenters. The Kier molecular flexibility index (Phi) is 9.49. The van der Waals surface area contributed by atoms with Gasteiger partial charge in [-0.3, -0.25) is 4.79 Å². The van der Waals surface area contributed by atoms with Crippen LogP contribution in [0.25, 0.3) is 11.3 Å². The van der Waals surface area contributed by atoms with Gasteiger partial charge in [0.1, 0.15) is 22.9 Å². The van der Waals surface area contributed by atoms with E-state index in [1.807, 2.05) is 18.6 Å². The van der Waals surface area contributed by atoms with Gasteiger partial charge in [0.25, 0.3) is 15.9 Å². The molecule has 0 aliphatic carbocycles. The van der Waals surface area contributed by atoms with Gasteiger partial charge in [-0.15, -0.1) is 0 Å². The normalized spacial score (nSPS) is 11.9. The molecule has 0 atom stereocenters. The summed E-state index contributed by atoms with van der Waals surface area (Å²) in [6.45, 7) is 10.8. The first-order chi connectivity index (χ1) is 18.3. The molecule has 3 N–H and O–H groups in total. The third kappa shape index (κ3) is 8.38. The number of sulfonamides is 1. The highest BCUT2D eigenvalue weighted by atomic mass is 32.2. The molecule has 1 aromatic carbocycles. The molecule has 11 heteroatoms. The number of nitrogens with one attached hydrogen (secondary N) is 1. The summed E-state index contributed by atoms with van der Waals surface area (Å²) in [6.07, 6.45) is 1.57. The van der Waals surface area contributed by atoms with Gasteiger partial charge in [-0.1, -0.05) is 47.1 Å². The number of carbonyl (C=O) groups excluding carboxylic acids is 1. The molecular formula is C28H35FN4O5S. The van der Waals surface area contributed by atoms with Crippen LogP contribution in [0.1, 0.15) is 57.8 Å². The maximum absolute atomic E-state index is 14.4. The third-order valence-electron chi connectivity index (χ3n) is 6.08. The zero-order valence-electron chi connectivity index (χ0n) is 22.8. The predicted octanol–water partition coefficient (Wildman–Crippen LogP) is 5.22. The monoisotopic (exact) mass is 558 g/mol. The molecule has 0 radical (unpaired) electrons. The Morgan fingerprint density at radius 2 is 1.85 bits per heavy atom. The Balaban J connectivity index is 1.96. The number of nitrogens with two attached hydrogens (primary N) is 1. The number of hydrogen-bond donors (Lipinski definition) is 2. The lowest BCUT2D eigenvalue weighted by atomic mass is 9.87. The second kappa shape index (κ2) is 12.4. The molecule has 0 saturated heterocycles. The van der Waals surface area contributed by atoms with Crippen molar-refractivity contribution in [2.75, 3.05) is 18.9 Å². The number of pyridine rings is 2. The lowest BCUT2D eigenvalue weighted by Gasteiger charge is -2.22. The van der Waals surface area contributed by atoms with Gasteiger partial charge in [0.05, 0.1) is 18.9 Å². The van der Waals surface area contributed by atoms with Crippen molar-refractivity contribution in [3.8, 4) is 22.9 Å². The minimum atomic E-state index is -4.32. The Bertz CT molecular complexity index is 1430. The highest BCUT2D eigenvalue weighted by molar-refractivity contribution is 7.90. The van der Waals surface area contributed by atoms with Gasteiger partial charge in [-0.05, 0) is 54.2 Å². The molecule has 2 aromatic heterocycles. The number of amides is 1. The fraction of sp³-hybridized carbons (Fsp3) is 0.393. The Morgan fingerprint density at radius 3 is 2.51 bits per heavy atom. The number of nitrogens with zero attached hydrogens (tertiary/aromatic N) is 2. The van der Waals surface area contributed by atoms with E-state index < -0.39 is 26.8 Å². The third-order valence-corrected chi connectivity index (χ3v) is 7.31. The van der Waals surface area contributed by atoms with E-state index in [0.29, 0.717) is 30.0 Å². The van der Waals surface area contributed by atoms with Crippen LogP contribution in [-0.4, -0.2) is 37.5 Å². The van der Waals surface area contributed by atoms with E-state index in [1.165, 1.54) is 42.5 Å². The molecule has 1 amide bonds. The number of nitrogen functional groups attached to an aromatic ring is 1. The maximum Gasteiger partial charge on any atom is 0.281 e. The van der Waals surface area contributed by atoms with Crippen molar-refractivity contribution < 1.29 is 27.1 Å². The highest BCUT2D eigenvalue weighted by Gasteiger charge is 2.25. The van der Waals surface area contributed by atoms with Gasteiger partial charge >= 0.3 is 0 Å². The van der Waals surface area contributed by atoms with Crippen LogP contribution in [0.2, 0.25) is 0 Å². The van der Waals surface area contributed by atoms with Crippen LogP contribution in [-0.2, 0) is 10.0 Å². The lowest BCUT2D eigenvalue weighted by molar-refractivity contribution is 0.0975. The highest BCUT2D eigenvalue weighted by Crippen LogP contribution is 2.29. The number of rotatable bonds is 12. The summed E-state index contributed by atoms with van der Waals surface area (Å²) >= 11 is 0. The fourth-order valence-electron chi connectivity index (χ4n) is 3.35. The van der Waals surface area contributed by atoms with E-state index in [-0.39, 0.29) is 35.2 Å². The van der Waals surface area contributed by atoms with Gasteiger partial charge in [0.15, 0.2) is 5.03 Å². The van der Waals surface area contributed by atoms with Crippen LogP contribution in [0.3, 0.4) is 0 Å². The minimum absolute atomic E-state index is 0.00857. The summed E-state index contributed by atoms with van der Waals surface area (Å²) < 4.78 is 53.5. The summed E-state index contributed by atoms with van der Waals surface area (Å²) in [5, 5.41) is -0.402. The van der Waals surface area contributed by atoms with E-state index in [0.717, 1.165) is 6.42 Å². The molecule has 0 aliphatic rings. The molecule has 0 fully saturated rings. The molecular weight excluding hydrogens is 523 g/mol. The zero-order valence-corrected chi connectivity index (χ0v) is 23.6. The second-order valence-electron chi connectivity index (χ2n) is 10.4. The predicted molar refractivity (Wildman–Crippen MR) is 147 cm³/mol. The Labute approximate surface area is 229 Å². The van der Waals surface area contributed by atoms with E-state index in [1.54, 1.807) is 6.07 Å². The average molecular weight is 559 g/mol. The molecule has 0 bridgehead atoms. The van der Waals surface area contributed by atoms with Crippen molar-refractivity contribution >= 4 is 21.7 Å². The van der Waals surface area contributed by atoms with Crippen LogP contribution < -0.4 is 19.9 Å². The fourth-order valence-corrected chi connectivity index (χ4v) is 4.29. The van der Waals surface area contributed by atoms with Crippen molar-refractivity contribution in [3.63, 3.8) is 0 Å². The summed E-state index contributed by atoms with van der Waals surface area (Å²) in [5.41, 5.74) is 6.21. The molecule has 210 valence electrons. The molecule has 39 heavy (non-hydrogen) atoms. The van der Waals surface area contributed by atoms with Crippen LogP contribution in [0, 0.1) is 17.2 Å². The largest absolute Gasteiger partial charge is 0.493 e. The van der Waals surface area contributed by atoms with Gasteiger partial charge in [-0.2, -0.15) is 8.42 Å². The average Bonchev–Trinajstić information content (AvgIpc) is 2.86. The zero-order chi connectivity index (χ0) is 28.8. The maximum atomic E-state index is 14.4. The molecule has 0 spiro atoms. The molecule has 0 aliphatic heterocycles. The topological polar surface area (TPSA) is 134 Å². The molecule has 3 rings (SSSR count). The van der Waals surface area contributed by atoms with Crippen LogP contribution >= 0.6 is 0 Å². The van der Waals surface area contributed by atoms with Gasteiger partial charge in [0, 0.05) is 11.6 Å². The number of benzene rings is 1. The van der Waals surface area contributed by atoms with Gasteiger partial charge in [-0.25, -0.2) is 19.1 Å². The van der Waals surface area contributed by atoms with Gasteiger partial charge < -0.3 is 15.2 Å². The van der Waals surface area contributed by atoms with Crippen LogP contribution in [0.4, 0.5) is 10.2 Å². The SMILES string of the molecule is CCC(C)(C)CCOc1nc(-c2cc(F)cc(OCC(C)C)c2)ccc1C(=O)NS(=O)(=O)c1cccc(N)n1. The number of anilines is 1. The Hall–Kier alpha value is -3.73. The first kappa shape index (κ1) is 29.8. The van der Waals surface area contributed by atoms with Crippen molar-refractivity contribution in [1.29, 1.82) is 0 Å². The van der Waals surface area contributed by atoms with E-state index in [4.69, 9.17) is 15.2 Å². The summed E-state index contributed by atoms with van der Waals surface area (Å²) in [7, 11) is -4.32. The van der Waals surface area contributed by atoms with Crippen molar-refractivity contribution in [1.82, 2.24) is 14.7 Å². The number of ether oxygens (including phenoxy) is 2. The number of hydrogen-bond acceptors (Lipinski definition) is 8. The first-order valence-corrected chi connectivity index (χ1v) is 14.2. The lowest BCUT2D eigenvalue weighted by Crippen LogP contribution is -2.32. The number of carbonyl (C=O) groups is 1. The van der Waals surface area contributed by atoms with Gasteiger partial charge in [0.2, 0.25) is 5.88 Å². The minimum Gasteiger partial charge on any atom is -0.493 e. The first-order valence-electron chi connectivity index (χ1n) is 12.7. The summed E-state index contributed by atoms with van der Waals surface area (Å²) in [4.78, 5) is 21.4. The number of aromatic nitrogens is 2. The van der Waals surface area contributed by atoms with E-state index in [9.17, 15) is 17.6 Å². The number of halogens is 1. The molecule has 9 nitrogen and oxygen atoms in total. The molecule has 2 heterocycles. The summed E-state index contributed by atoms with van der Waals surface area (Å²) in [5.74, 6) is -0.965. The summed E-state index contributed by atoms with van der Waals surface area (Å²) in [6, 6.07) is 11.2. The molecule has 0 saturated carbocycles. The smallest absolute Gasteiger partial charge is 0.281 e. The molecule has 3 aromatic rings. The van der Waals surface area contributed by atoms with Crippen LogP contribution in [0.5, 0.6) is 11.6 Å². The van der Waals surface area contributed by atoms with Crippen molar-refractivity contribution in [3.05, 3.63) is 59.9 Å². The van der Waals surface area contributed by atoms with Crippen molar-refractivity contribution in [2.45, 2.75) is 52.5 Å².